The van der Waals surface area contributed by atoms with Crippen LogP contribution in [-0.2, 0) is 17.8 Å². The van der Waals surface area contributed by atoms with Crippen molar-refractivity contribution in [2.75, 3.05) is 0 Å². The first-order valence-electron chi connectivity index (χ1n) is 10.3. The summed E-state index contributed by atoms with van der Waals surface area (Å²) in [6, 6.07) is 5.56. The summed E-state index contributed by atoms with van der Waals surface area (Å²) in [6.45, 7) is 6.60. The van der Waals surface area contributed by atoms with E-state index in [1.54, 1.807) is 6.07 Å². The number of fused-ring (bicyclic) bond motifs is 3. The molecule has 1 unspecified atom stereocenters. The van der Waals surface area contributed by atoms with Crippen molar-refractivity contribution in [2.24, 2.45) is 0 Å². The molecule has 0 radical (unpaired) electrons. The maximum Gasteiger partial charge on any atom is 0.311 e. The molecule has 0 amide bonds. The number of phenolic OH excluding ortho intramolecular Hbond substituents is 1. The van der Waals surface area contributed by atoms with Gasteiger partial charge in [-0.3, -0.25) is 4.79 Å². The number of aryl methyl sites for hydroxylation is 4. The maximum absolute atomic E-state index is 12.2. The van der Waals surface area contributed by atoms with E-state index in [9.17, 15) is 15.0 Å². The average Bonchev–Trinajstić information content (AvgIpc) is 3.03. The minimum Gasteiger partial charge on any atom is -0.507 e. The van der Waals surface area contributed by atoms with Crippen molar-refractivity contribution >= 4 is 17.1 Å². The molecule has 1 aliphatic rings. The fraction of sp³-hybridized carbons (Fsp3) is 0.435. The fourth-order valence-electron chi connectivity index (χ4n) is 4.55. The van der Waals surface area contributed by atoms with Crippen LogP contribution in [-0.4, -0.2) is 30.7 Å². The van der Waals surface area contributed by atoms with E-state index in [1.165, 1.54) is 0 Å². The molecule has 1 atom stereocenters. The number of aromatic hydroxyl groups is 1. The third kappa shape index (κ3) is 3.26. The fourth-order valence-corrected chi connectivity index (χ4v) is 4.55. The molecule has 152 valence electrons. The first-order chi connectivity index (χ1) is 13.9. The number of carboxylic acids is 1. The first kappa shape index (κ1) is 19.4. The number of phenols is 1. The van der Waals surface area contributed by atoms with Crippen molar-refractivity contribution in [3.8, 4) is 16.9 Å². The number of hydrogen-bond donors (Lipinski definition) is 2. The van der Waals surface area contributed by atoms with Crippen molar-refractivity contribution in [3.63, 3.8) is 0 Å². The quantitative estimate of drug-likeness (QED) is 0.654. The van der Waals surface area contributed by atoms with Gasteiger partial charge in [-0.2, -0.15) is 0 Å². The molecule has 4 rings (SSSR count). The number of pyridine rings is 1. The van der Waals surface area contributed by atoms with Crippen molar-refractivity contribution in [2.45, 2.75) is 65.3 Å². The zero-order chi connectivity index (χ0) is 20.7. The highest BCUT2D eigenvalue weighted by molar-refractivity contribution is 5.97. The van der Waals surface area contributed by atoms with E-state index in [1.807, 2.05) is 32.9 Å². The zero-order valence-corrected chi connectivity index (χ0v) is 17.2. The number of benzene rings is 1. The molecule has 3 aromatic rings. The Balaban J connectivity index is 2.13. The third-order valence-electron chi connectivity index (χ3n) is 5.88. The molecule has 2 N–H and O–H groups in total. The predicted molar refractivity (Wildman–Crippen MR) is 112 cm³/mol. The van der Waals surface area contributed by atoms with Gasteiger partial charge < -0.3 is 14.8 Å². The van der Waals surface area contributed by atoms with Gasteiger partial charge in [0.05, 0.1) is 11.4 Å². The van der Waals surface area contributed by atoms with Crippen LogP contribution in [0.2, 0.25) is 0 Å². The molecular weight excluding hydrogens is 366 g/mol. The molecule has 1 aromatic carbocycles. The number of nitrogens with zero attached hydrogens (tertiary/aromatic N) is 3. The molecule has 29 heavy (non-hydrogen) atoms. The highest BCUT2D eigenvalue weighted by Crippen LogP contribution is 2.43. The Morgan fingerprint density at radius 2 is 2.03 bits per heavy atom. The predicted octanol–water partition coefficient (Wildman–Crippen LogP) is 4.73. The van der Waals surface area contributed by atoms with Gasteiger partial charge in [-0.1, -0.05) is 25.5 Å². The van der Waals surface area contributed by atoms with Crippen LogP contribution >= 0.6 is 0 Å². The van der Waals surface area contributed by atoms with E-state index < -0.39 is 11.9 Å². The van der Waals surface area contributed by atoms with Gasteiger partial charge in [0.1, 0.15) is 11.6 Å². The summed E-state index contributed by atoms with van der Waals surface area (Å²) in [4.78, 5) is 21.7. The molecule has 6 nitrogen and oxygen atoms in total. The van der Waals surface area contributed by atoms with Gasteiger partial charge in [-0.15, -0.1) is 0 Å². The lowest BCUT2D eigenvalue weighted by Gasteiger charge is -2.22. The standard InChI is InChI=1S/C23H27N3O3/c1-4-7-16(23(28)29)19-14(3)24-22-21(26-11-6-5-8-18(26)25-22)20(19)15-10-9-13(2)12-17(15)27/h9-10,12,16,27H,4-8,11H2,1-3H3,(H,28,29). The molecule has 6 heteroatoms. The number of carbonyl (C=O) groups is 1. The molecule has 0 saturated carbocycles. The van der Waals surface area contributed by atoms with E-state index in [0.717, 1.165) is 54.7 Å². The average molecular weight is 393 g/mol. The summed E-state index contributed by atoms with van der Waals surface area (Å²) in [5, 5.41) is 20.8. The van der Waals surface area contributed by atoms with Gasteiger partial charge in [-0.25, -0.2) is 9.97 Å². The summed E-state index contributed by atoms with van der Waals surface area (Å²) < 4.78 is 2.17. The van der Waals surface area contributed by atoms with Crippen LogP contribution in [0.1, 0.15) is 61.2 Å². The molecule has 2 aromatic heterocycles. The highest BCUT2D eigenvalue weighted by Gasteiger charge is 2.30. The maximum atomic E-state index is 12.2. The number of aliphatic carboxylic acids is 1. The van der Waals surface area contributed by atoms with Gasteiger partial charge in [0.2, 0.25) is 0 Å². The zero-order valence-electron chi connectivity index (χ0n) is 17.2. The number of hydrogen-bond acceptors (Lipinski definition) is 4. The van der Waals surface area contributed by atoms with Crippen molar-refractivity contribution in [1.82, 2.24) is 14.5 Å². The van der Waals surface area contributed by atoms with Crippen molar-refractivity contribution in [1.29, 1.82) is 0 Å². The molecular formula is C23H27N3O3. The largest absolute Gasteiger partial charge is 0.507 e. The van der Waals surface area contributed by atoms with Gasteiger partial charge in [0.15, 0.2) is 5.65 Å². The molecule has 0 spiro atoms. The summed E-state index contributed by atoms with van der Waals surface area (Å²) >= 11 is 0. The topological polar surface area (TPSA) is 88.2 Å². The van der Waals surface area contributed by atoms with Crippen LogP contribution in [0.15, 0.2) is 18.2 Å². The molecule has 3 heterocycles. The summed E-state index contributed by atoms with van der Waals surface area (Å²) in [6.07, 6.45) is 4.30. The lowest BCUT2D eigenvalue weighted by Crippen LogP contribution is -2.16. The van der Waals surface area contributed by atoms with Gasteiger partial charge in [-0.05, 0) is 50.3 Å². The van der Waals surface area contributed by atoms with Crippen LogP contribution < -0.4 is 0 Å². The molecule has 0 fully saturated rings. The highest BCUT2D eigenvalue weighted by atomic mass is 16.4. The number of imidazole rings is 1. The van der Waals surface area contributed by atoms with Gasteiger partial charge >= 0.3 is 5.97 Å². The van der Waals surface area contributed by atoms with Crippen LogP contribution in [0.5, 0.6) is 5.75 Å². The summed E-state index contributed by atoms with van der Waals surface area (Å²) in [5.74, 6) is -0.389. The van der Waals surface area contributed by atoms with E-state index in [0.29, 0.717) is 28.9 Å². The third-order valence-corrected chi connectivity index (χ3v) is 5.88. The lowest BCUT2D eigenvalue weighted by atomic mass is 9.85. The Hall–Kier alpha value is -2.89. The Kier molecular flexibility index (Phi) is 5.03. The van der Waals surface area contributed by atoms with E-state index >= 15 is 0 Å². The number of carboxylic acid groups (broad SMARTS) is 1. The minimum atomic E-state index is -0.859. The smallest absolute Gasteiger partial charge is 0.311 e. The van der Waals surface area contributed by atoms with Gasteiger partial charge in [0, 0.05) is 29.8 Å². The Labute approximate surface area is 170 Å². The summed E-state index contributed by atoms with van der Waals surface area (Å²) in [5.41, 5.74) is 5.22. The Morgan fingerprint density at radius 1 is 1.24 bits per heavy atom. The minimum absolute atomic E-state index is 0.158. The second kappa shape index (κ2) is 7.50. The molecule has 0 bridgehead atoms. The lowest BCUT2D eigenvalue weighted by molar-refractivity contribution is -0.139. The Morgan fingerprint density at radius 3 is 2.72 bits per heavy atom. The molecule has 0 aliphatic carbocycles. The first-order valence-corrected chi connectivity index (χ1v) is 10.3. The van der Waals surface area contributed by atoms with E-state index in [2.05, 4.69) is 4.57 Å². The van der Waals surface area contributed by atoms with Crippen LogP contribution in [0.3, 0.4) is 0 Å². The normalized spacial score (nSPS) is 14.7. The molecule has 1 aliphatic heterocycles. The SMILES string of the molecule is CCCC(C(=O)O)c1c(C)nc2nc3n(c2c1-c1ccc(C)cc1O)CCCC3. The van der Waals surface area contributed by atoms with E-state index in [-0.39, 0.29) is 5.75 Å². The number of aromatic nitrogens is 3. The monoisotopic (exact) mass is 393 g/mol. The van der Waals surface area contributed by atoms with Crippen LogP contribution in [0, 0.1) is 13.8 Å². The second-order valence-electron chi connectivity index (χ2n) is 7.99. The van der Waals surface area contributed by atoms with Gasteiger partial charge in [0.25, 0.3) is 0 Å². The van der Waals surface area contributed by atoms with E-state index in [4.69, 9.17) is 9.97 Å². The van der Waals surface area contributed by atoms with Crippen LogP contribution in [0.25, 0.3) is 22.3 Å². The van der Waals surface area contributed by atoms with Crippen molar-refractivity contribution < 1.29 is 15.0 Å². The summed E-state index contributed by atoms with van der Waals surface area (Å²) in [7, 11) is 0. The van der Waals surface area contributed by atoms with Crippen LogP contribution in [0.4, 0.5) is 0 Å². The Bertz CT molecular complexity index is 1100. The molecule has 0 saturated heterocycles. The van der Waals surface area contributed by atoms with Crippen molar-refractivity contribution in [3.05, 3.63) is 40.8 Å². The second-order valence-corrected chi connectivity index (χ2v) is 7.99. The number of rotatable bonds is 5.